The van der Waals surface area contributed by atoms with Crippen LogP contribution in [0.15, 0.2) is 34.9 Å². The molecule has 0 radical (unpaired) electrons. The zero-order valence-corrected chi connectivity index (χ0v) is 14.1. The molecule has 1 atom stereocenters. The predicted octanol–water partition coefficient (Wildman–Crippen LogP) is 2.48. The third-order valence-electron chi connectivity index (χ3n) is 4.31. The average molecular weight is 343 g/mol. The van der Waals surface area contributed by atoms with Gasteiger partial charge >= 0.3 is 5.97 Å². The fourth-order valence-electron chi connectivity index (χ4n) is 2.97. The van der Waals surface area contributed by atoms with Crippen molar-refractivity contribution in [2.45, 2.75) is 32.3 Å². The number of nitrogen functional groups attached to an aromatic ring is 1. The lowest BCUT2D eigenvalue weighted by molar-refractivity contribution is -0.142. The van der Waals surface area contributed by atoms with Gasteiger partial charge in [0.15, 0.2) is 0 Å². The van der Waals surface area contributed by atoms with Crippen LogP contribution in [-0.4, -0.2) is 35.0 Å². The van der Waals surface area contributed by atoms with Crippen LogP contribution >= 0.6 is 0 Å². The van der Waals surface area contributed by atoms with Gasteiger partial charge in [0.25, 0.3) is 5.91 Å². The highest BCUT2D eigenvalue weighted by atomic mass is 16.6. The quantitative estimate of drug-likeness (QED) is 0.856. The Morgan fingerprint density at radius 1 is 1.20 bits per heavy atom. The zero-order chi connectivity index (χ0) is 17.8. The van der Waals surface area contributed by atoms with Gasteiger partial charge in [-0.2, -0.15) is 0 Å². The maximum absolute atomic E-state index is 13.0. The van der Waals surface area contributed by atoms with E-state index in [-0.39, 0.29) is 17.4 Å². The second kappa shape index (κ2) is 7.38. The van der Waals surface area contributed by atoms with E-state index in [4.69, 9.17) is 15.0 Å². The van der Waals surface area contributed by atoms with Crippen molar-refractivity contribution in [1.82, 2.24) is 10.1 Å². The number of nitrogens with two attached hydrogens (primary N) is 1. The molecule has 2 aromatic rings. The number of carbonyl (C=O) groups excluding carboxylic acids is 2. The Labute approximate surface area is 145 Å². The first-order chi connectivity index (χ1) is 12.1. The van der Waals surface area contributed by atoms with Crippen molar-refractivity contribution in [1.29, 1.82) is 0 Å². The van der Waals surface area contributed by atoms with Gasteiger partial charge in [0.2, 0.25) is 12.0 Å². The molecule has 0 aliphatic carbocycles. The lowest BCUT2D eigenvalue weighted by Gasteiger charge is -2.30. The second-order valence-electron chi connectivity index (χ2n) is 6.09. The summed E-state index contributed by atoms with van der Waals surface area (Å²) in [5, 5.41) is 3.66. The van der Waals surface area contributed by atoms with Crippen molar-refractivity contribution >= 4 is 17.8 Å². The molecule has 1 aromatic heterocycles. The van der Waals surface area contributed by atoms with Crippen LogP contribution in [0.3, 0.4) is 0 Å². The van der Waals surface area contributed by atoms with E-state index in [0.717, 1.165) is 19.3 Å². The Morgan fingerprint density at radius 2 is 1.88 bits per heavy atom. The van der Waals surface area contributed by atoms with Crippen LogP contribution in [0.1, 0.15) is 47.0 Å². The molecule has 7 heteroatoms. The fraction of sp³-hybridized carbons (Fsp3) is 0.389. The van der Waals surface area contributed by atoms with E-state index in [2.05, 4.69) is 5.16 Å². The molecule has 3 rings (SSSR count). The minimum atomic E-state index is -1.01. The Bertz CT molecular complexity index is 731. The van der Waals surface area contributed by atoms with Gasteiger partial charge in [0.1, 0.15) is 5.56 Å². The SMILES string of the molecule is Cc1noc(N)c1C(=O)OC(C(=O)N1CCCCC1)c1ccccc1. The standard InChI is InChI=1S/C18H21N3O4/c1-12-14(16(19)25-20-12)18(23)24-15(13-8-4-2-5-9-13)17(22)21-10-6-3-7-11-21/h2,4-5,8-9,15H,3,6-7,10-11,19H2,1H3. The molecule has 1 fully saturated rings. The molecule has 1 aromatic carbocycles. The number of hydrogen-bond acceptors (Lipinski definition) is 6. The Kier molecular flexibility index (Phi) is 5.02. The topological polar surface area (TPSA) is 98.7 Å². The Hall–Kier alpha value is -2.83. The zero-order valence-electron chi connectivity index (χ0n) is 14.1. The van der Waals surface area contributed by atoms with Crippen LogP contribution < -0.4 is 5.73 Å². The fourth-order valence-corrected chi connectivity index (χ4v) is 2.97. The highest BCUT2D eigenvalue weighted by Crippen LogP contribution is 2.26. The summed E-state index contributed by atoms with van der Waals surface area (Å²) in [6.07, 6.45) is 2.01. The van der Waals surface area contributed by atoms with Crippen molar-refractivity contribution in [3.05, 3.63) is 47.2 Å². The van der Waals surface area contributed by atoms with E-state index in [9.17, 15) is 9.59 Å². The minimum Gasteiger partial charge on any atom is -0.443 e. The van der Waals surface area contributed by atoms with Gasteiger partial charge in [-0.1, -0.05) is 35.5 Å². The summed E-state index contributed by atoms with van der Waals surface area (Å²) in [6, 6.07) is 8.99. The third-order valence-corrected chi connectivity index (χ3v) is 4.31. The number of esters is 1. The molecule has 0 bridgehead atoms. The number of ether oxygens (including phenoxy) is 1. The molecule has 1 saturated heterocycles. The molecular formula is C18H21N3O4. The highest BCUT2D eigenvalue weighted by Gasteiger charge is 2.32. The second-order valence-corrected chi connectivity index (χ2v) is 6.09. The number of aromatic nitrogens is 1. The van der Waals surface area contributed by atoms with Crippen molar-refractivity contribution in [2.75, 3.05) is 18.8 Å². The van der Waals surface area contributed by atoms with Crippen molar-refractivity contribution in [2.24, 2.45) is 0 Å². The number of anilines is 1. The van der Waals surface area contributed by atoms with E-state index in [1.165, 1.54) is 0 Å². The first kappa shape index (κ1) is 17.0. The number of likely N-dealkylation sites (tertiary alicyclic amines) is 1. The number of amides is 1. The number of carbonyl (C=O) groups is 2. The first-order valence-electron chi connectivity index (χ1n) is 8.34. The number of piperidine rings is 1. The minimum absolute atomic E-state index is 0.0624. The van der Waals surface area contributed by atoms with E-state index in [1.54, 1.807) is 36.1 Å². The number of hydrogen-bond donors (Lipinski definition) is 1. The first-order valence-corrected chi connectivity index (χ1v) is 8.34. The Balaban J connectivity index is 1.86. The van der Waals surface area contributed by atoms with Crippen LogP contribution in [0, 0.1) is 6.92 Å². The molecule has 2 N–H and O–H groups in total. The van der Waals surface area contributed by atoms with Gasteiger partial charge < -0.3 is 19.9 Å². The molecular weight excluding hydrogens is 322 g/mol. The Morgan fingerprint density at radius 3 is 2.48 bits per heavy atom. The normalized spacial score (nSPS) is 15.6. The molecule has 25 heavy (non-hydrogen) atoms. The maximum Gasteiger partial charge on any atom is 0.346 e. The van der Waals surface area contributed by atoms with Crippen molar-refractivity contribution in [3.8, 4) is 0 Å². The van der Waals surface area contributed by atoms with Gasteiger partial charge in [-0.25, -0.2) is 4.79 Å². The molecule has 0 saturated carbocycles. The van der Waals surface area contributed by atoms with Crippen LogP contribution in [0.25, 0.3) is 0 Å². The summed E-state index contributed by atoms with van der Waals surface area (Å²) >= 11 is 0. The predicted molar refractivity (Wildman–Crippen MR) is 90.7 cm³/mol. The van der Waals surface area contributed by atoms with E-state index in [1.807, 2.05) is 6.07 Å². The summed E-state index contributed by atoms with van der Waals surface area (Å²) in [5.74, 6) is -1.04. The molecule has 132 valence electrons. The van der Waals surface area contributed by atoms with E-state index in [0.29, 0.717) is 24.3 Å². The largest absolute Gasteiger partial charge is 0.443 e. The van der Waals surface area contributed by atoms with Gasteiger partial charge in [-0.05, 0) is 26.2 Å². The van der Waals surface area contributed by atoms with Gasteiger partial charge in [0.05, 0.1) is 5.69 Å². The van der Waals surface area contributed by atoms with Crippen LogP contribution in [0.5, 0.6) is 0 Å². The highest BCUT2D eigenvalue weighted by molar-refractivity contribution is 5.96. The summed E-state index contributed by atoms with van der Waals surface area (Å²) in [6.45, 7) is 2.95. The summed E-state index contributed by atoms with van der Waals surface area (Å²) in [7, 11) is 0. The van der Waals surface area contributed by atoms with Crippen molar-refractivity contribution < 1.29 is 18.8 Å². The molecule has 1 unspecified atom stereocenters. The third kappa shape index (κ3) is 3.65. The number of benzene rings is 1. The van der Waals surface area contributed by atoms with Crippen LogP contribution in [0.4, 0.5) is 5.88 Å². The maximum atomic E-state index is 13.0. The van der Waals surface area contributed by atoms with E-state index < -0.39 is 12.1 Å². The average Bonchev–Trinajstić information content (AvgIpc) is 2.99. The van der Waals surface area contributed by atoms with Crippen LogP contribution in [0.2, 0.25) is 0 Å². The van der Waals surface area contributed by atoms with Crippen molar-refractivity contribution in [3.63, 3.8) is 0 Å². The monoisotopic (exact) mass is 343 g/mol. The molecule has 2 heterocycles. The lowest BCUT2D eigenvalue weighted by Crippen LogP contribution is -2.40. The van der Waals surface area contributed by atoms with Crippen LogP contribution in [-0.2, 0) is 9.53 Å². The lowest BCUT2D eigenvalue weighted by atomic mass is 10.1. The molecule has 7 nitrogen and oxygen atoms in total. The number of rotatable bonds is 4. The van der Waals surface area contributed by atoms with Gasteiger partial charge in [-0.3, -0.25) is 4.79 Å². The van der Waals surface area contributed by atoms with Gasteiger partial charge in [-0.15, -0.1) is 0 Å². The summed E-state index contributed by atoms with van der Waals surface area (Å²) < 4.78 is 10.4. The summed E-state index contributed by atoms with van der Waals surface area (Å²) in [5.41, 5.74) is 6.67. The van der Waals surface area contributed by atoms with E-state index >= 15 is 0 Å². The molecule has 1 aliphatic rings. The molecule has 1 aliphatic heterocycles. The molecule has 1 amide bonds. The number of aryl methyl sites for hydroxylation is 1. The smallest absolute Gasteiger partial charge is 0.346 e. The summed E-state index contributed by atoms with van der Waals surface area (Å²) in [4.78, 5) is 27.2. The van der Waals surface area contributed by atoms with Gasteiger partial charge in [0, 0.05) is 18.7 Å². The number of nitrogens with zero attached hydrogens (tertiary/aromatic N) is 2. The molecule has 0 spiro atoms.